The van der Waals surface area contributed by atoms with Crippen LogP contribution in [-0.2, 0) is 4.74 Å². The SMILES string of the molecule is CCOC(=O)c1nc(-c2ccccc2F)oc1-c1ccc(N)cc1. The Balaban J connectivity index is 2.14. The number of esters is 1. The van der Waals surface area contributed by atoms with Gasteiger partial charge in [-0.2, -0.15) is 0 Å². The van der Waals surface area contributed by atoms with Crippen LogP contribution in [0.25, 0.3) is 22.8 Å². The molecule has 0 spiro atoms. The van der Waals surface area contributed by atoms with Crippen LogP contribution in [0.3, 0.4) is 0 Å². The Morgan fingerprint density at radius 3 is 2.58 bits per heavy atom. The van der Waals surface area contributed by atoms with Crippen molar-refractivity contribution in [2.45, 2.75) is 6.92 Å². The molecular weight excluding hydrogens is 311 g/mol. The van der Waals surface area contributed by atoms with Gasteiger partial charge in [0.25, 0.3) is 0 Å². The van der Waals surface area contributed by atoms with Crippen LogP contribution in [0, 0.1) is 5.82 Å². The standard InChI is InChI=1S/C18H15FN2O3/c1-2-23-18(22)15-16(11-7-9-12(20)10-8-11)24-17(21-15)13-5-3-4-6-14(13)19/h3-10H,2,20H2,1H3. The van der Waals surface area contributed by atoms with Crippen LogP contribution in [0.5, 0.6) is 0 Å². The van der Waals surface area contributed by atoms with Crippen molar-refractivity contribution in [3.8, 4) is 22.8 Å². The number of hydrogen-bond donors (Lipinski definition) is 1. The Morgan fingerprint density at radius 1 is 1.21 bits per heavy atom. The monoisotopic (exact) mass is 326 g/mol. The van der Waals surface area contributed by atoms with Crippen LogP contribution in [0.2, 0.25) is 0 Å². The van der Waals surface area contributed by atoms with E-state index in [0.717, 1.165) is 0 Å². The minimum absolute atomic E-state index is 0.000116. The quantitative estimate of drug-likeness (QED) is 0.581. The molecule has 0 aliphatic heterocycles. The molecule has 0 saturated carbocycles. The Labute approximate surface area is 137 Å². The molecule has 0 amide bonds. The van der Waals surface area contributed by atoms with Gasteiger partial charge in [0.2, 0.25) is 5.89 Å². The number of halogens is 1. The highest BCUT2D eigenvalue weighted by Crippen LogP contribution is 2.31. The molecule has 0 radical (unpaired) electrons. The van der Waals surface area contributed by atoms with Crippen molar-refractivity contribution in [1.82, 2.24) is 4.98 Å². The third-order valence-electron chi connectivity index (χ3n) is 3.37. The number of nitrogens with zero attached hydrogens (tertiary/aromatic N) is 1. The number of anilines is 1. The van der Waals surface area contributed by atoms with Crippen molar-refractivity contribution in [2.24, 2.45) is 0 Å². The molecule has 0 aliphatic rings. The highest BCUT2D eigenvalue weighted by atomic mass is 19.1. The lowest BCUT2D eigenvalue weighted by atomic mass is 10.1. The zero-order valence-electron chi connectivity index (χ0n) is 13.0. The average molecular weight is 326 g/mol. The summed E-state index contributed by atoms with van der Waals surface area (Å²) in [7, 11) is 0. The van der Waals surface area contributed by atoms with E-state index < -0.39 is 11.8 Å². The molecular formula is C18H15FN2O3. The first kappa shape index (κ1) is 15.7. The molecule has 0 aliphatic carbocycles. The van der Waals surface area contributed by atoms with E-state index in [9.17, 15) is 9.18 Å². The van der Waals surface area contributed by atoms with Crippen LogP contribution in [-0.4, -0.2) is 17.6 Å². The maximum Gasteiger partial charge on any atom is 0.361 e. The minimum atomic E-state index is -0.629. The van der Waals surface area contributed by atoms with Crippen LogP contribution >= 0.6 is 0 Å². The third-order valence-corrected chi connectivity index (χ3v) is 3.37. The molecule has 0 atom stereocenters. The topological polar surface area (TPSA) is 78.3 Å². The molecule has 0 saturated heterocycles. The summed E-state index contributed by atoms with van der Waals surface area (Å²) in [6.07, 6.45) is 0. The largest absolute Gasteiger partial charge is 0.461 e. The average Bonchev–Trinajstić information content (AvgIpc) is 3.01. The maximum atomic E-state index is 14.0. The summed E-state index contributed by atoms with van der Waals surface area (Å²) in [5.41, 5.74) is 7.02. The summed E-state index contributed by atoms with van der Waals surface area (Å²) in [6.45, 7) is 1.89. The molecule has 3 rings (SSSR count). The summed E-state index contributed by atoms with van der Waals surface area (Å²) < 4.78 is 24.7. The van der Waals surface area contributed by atoms with Gasteiger partial charge in [-0.3, -0.25) is 0 Å². The number of carbonyl (C=O) groups excluding carboxylic acids is 1. The summed E-state index contributed by atoms with van der Waals surface area (Å²) in [5.74, 6) is -0.886. The van der Waals surface area contributed by atoms with Gasteiger partial charge in [-0.1, -0.05) is 12.1 Å². The van der Waals surface area contributed by atoms with Crippen molar-refractivity contribution >= 4 is 11.7 Å². The Kier molecular flexibility index (Phi) is 4.29. The summed E-state index contributed by atoms with van der Waals surface area (Å²) >= 11 is 0. The predicted octanol–water partition coefficient (Wildman–Crippen LogP) is 3.91. The van der Waals surface area contributed by atoms with Crippen LogP contribution in [0.15, 0.2) is 52.9 Å². The zero-order chi connectivity index (χ0) is 17.1. The number of rotatable bonds is 4. The van der Waals surface area contributed by atoms with Crippen molar-refractivity contribution < 1.29 is 18.3 Å². The molecule has 5 nitrogen and oxygen atoms in total. The van der Waals surface area contributed by atoms with E-state index >= 15 is 0 Å². The normalized spacial score (nSPS) is 10.6. The van der Waals surface area contributed by atoms with Gasteiger partial charge in [-0.05, 0) is 43.3 Å². The zero-order valence-corrected chi connectivity index (χ0v) is 13.0. The summed E-state index contributed by atoms with van der Waals surface area (Å²) in [4.78, 5) is 16.3. The van der Waals surface area contributed by atoms with Gasteiger partial charge in [0.15, 0.2) is 11.5 Å². The fourth-order valence-corrected chi connectivity index (χ4v) is 2.24. The fraction of sp³-hybridized carbons (Fsp3) is 0.111. The lowest BCUT2D eigenvalue weighted by molar-refractivity contribution is 0.0520. The van der Waals surface area contributed by atoms with Gasteiger partial charge >= 0.3 is 5.97 Å². The predicted molar refractivity (Wildman–Crippen MR) is 87.7 cm³/mol. The second-order valence-corrected chi connectivity index (χ2v) is 5.02. The Hall–Kier alpha value is -3.15. The van der Waals surface area contributed by atoms with Crippen molar-refractivity contribution in [3.63, 3.8) is 0 Å². The lowest BCUT2D eigenvalue weighted by Crippen LogP contribution is -2.06. The van der Waals surface area contributed by atoms with E-state index in [1.54, 1.807) is 43.3 Å². The molecule has 122 valence electrons. The number of ether oxygens (including phenoxy) is 1. The van der Waals surface area contributed by atoms with E-state index in [1.807, 2.05) is 0 Å². The van der Waals surface area contributed by atoms with E-state index in [-0.39, 0.29) is 29.5 Å². The highest BCUT2D eigenvalue weighted by molar-refractivity contribution is 5.94. The van der Waals surface area contributed by atoms with E-state index in [2.05, 4.69) is 4.98 Å². The summed E-state index contributed by atoms with van der Waals surface area (Å²) in [6, 6.07) is 12.8. The van der Waals surface area contributed by atoms with Gasteiger partial charge in [0.05, 0.1) is 12.2 Å². The number of aromatic nitrogens is 1. The van der Waals surface area contributed by atoms with Gasteiger partial charge < -0.3 is 14.9 Å². The van der Waals surface area contributed by atoms with E-state index in [1.165, 1.54) is 12.1 Å². The number of hydrogen-bond acceptors (Lipinski definition) is 5. The molecule has 1 heterocycles. The molecule has 2 aromatic carbocycles. The highest BCUT2D eigenvalue weighted by Gasteiger charge is 2.24. The van der Waals surface area contributed by atoms with Crippen molar-refractivity contribution in [3.05, 3.63) is 60.0 Å². The number of nitrogen functional groups attached to an aromatic ring is 1. The number of carbonyl (C=O) groups is 1. The van der Waals surface area contributed by atoms with Crippen molar-refractivity contribution in [1.29, 1.82) is 0 Å². The first-order valence-electron chi connectivity index (χ1n) is 7.39. The fourth-order valence-electron chi connectivity index (χ4n) is 2.24. The number of benzene rings is 2. The summed E-state index contributed by atoms with van der Waals surface area (Å²) in [5, 5.41) is 0. The minimum Gasteiger partial charge on any atom is -0.461 e. The number of nitrogens with two attached hydrogens (primary N) is 1. The van der Waals surface area contributed by atoms with Crippen LogP contribution in [0.1, 0.15) is 17.4 Å². The Morgan fingerprint density at radius 2 is 1.92 bits per heavy atom. The molecule has 0 fully saturated rings. The molecule has 6 heteroatoms. The molecule has 0 unspecified atom stereocenters. The lowest BCUT2D eigenvalue weighted by Gasteiger charge is -2.01. The van der Waals surface area contributed by atoms with Gasteiger partial charge in [0.1, 0.15) is 5.82 Å². The van der Waals surface area contributed by atoms with Crippen molar-refractivity contribution in [2.75, 3.05) is 12.3 Å². The van der Waals surface area contributed by atoms with E-state index in [0.29, 0.717) is 11.3 Å². The van der Waals surface area contributed by atoms with Crippen LogP contribution in [0.4, 0.5) is 10.1 Å². The van der Waals surface area contributed by atoms with Gasteiger partial charge in [-0.25, -0.2) is 14.2 Å². The number of oxazole rings is 1. The molecule has 24 heavy (non-hydrogen) atoms. The van der Waals surface area contributed by atoms with Gasteiger partial charge in [-0.15, -0.1) is 0 Å². The smallest absolute Gasteiger partial charge is 0.361 e. The molecule has 2 N–H and O–H groups in total. The first-order chi connectivity index (χ1) is 11.6. The maximum absolute atomic E-state index is 14.0. The molecule has 3 aromatic rings. The third kappa shape index (κ3) is 2.99. The molecule has 1 aromatic heterocycles. The van der Waals surface area contributed by atoms with Gasteiger partial charge in [0, 0.05) is 11.3 Å². The molecule has 0 bridgehead atoms. The second-order valence-electron chi connectivity index (χ2n) is 5.02. The van der Waals surface area contributed by atoms with E-state index in [4.69, 9.17) is 14.9 Å². The van der Waals surface area contributed by atoms with Crippen LogP contribution < -0.4 is 5.73 Å². The first-order valence-corrected chi connectivity index (χ1v) is 7.39. The second kappa shape index (κ2) is 6.54. The Bertz CT molecular complexity index is 872.